The van der Waals surface area contributed by atoms with E-state index in [1.165, 1.54) is 33.7 Å². The summed E-state index contributed by atoms with van der Waals surface area (Å²) in [4.78, 5) is 24.4. The van der Waals surface area contributed by atoms with Crippen molar-refractivity contribution in [2.24, 2.45) is 0 Å². The highest BCUT2D eigenvalue weighted by molar-refractivity contribution is 8.76. The lowest BCUT2D eigenvalue weighted by Crippen LogP contribution is -2.28. The van der Waals surface area contributed by atoms with E-state index in [1.54, 1.807) is 0 Å². The highest BCUT2D eigenvalue weighted by Gasteiger charge is 2.29. The fourth-order valence-electron chi connectivity index (χ4n) is 0.764. The zero-order chi connectivity index (χ0) is 13.8. The van der Waals surface area contributed by atoms with Gasteiger partial charge in [-0.25, -0.2) is 9.78 Å². The van der Waals surface area contributed by atoms with Gasteiger partial charge in [0, 0.05) is 11.8 Å². The second-order valence-electron chi connectivity index (χ2n) is 3.08. The minimum absolute atomic E-state index is 0.0902. The van der Waals surface area contributed by atoms with E-state index >= 15 is 0 Å². The third-order valence-electron chi connectivity index (χ3n) is 1.68. The highest BCUT2D eigenvalue weighted by Crippen LogP contribution is 2.36. The van der Waals surface area contributed by atoms with E-state index in [0.29, 0.717) is 5.03 Å². The normalized spacial score (nSPS) is 11.2. The summed E-state index contributed by atoms with van der Waals surface area (Å²) in [6.07, 6.45) is 1.15. The van der Waals surface area contributed by atoms with Crippen molar-refractivity contribution in [3.63, 3.8) is 0 Å². The van der Waals surface area contributed by atoms with Crippen LogP contribution < -0.4 is 0 Å². The topological polar surface area (TPSA) is 93.3 Å². The number of nitro groups is 1. The van der Waals surface area contributed by atoms with Crippen LogP contribution in [-0.2, 0) is 4.79 Å². The number of rotatable bonds is 6. The maximum absolute atomic E-state index is 10.7. The molecule has 1 rings (SSSR count). The minimum Gasteiger partial charge on any atom is -0.480 e. The number of nitrogens with zero attached hydrogens (tertiary/aromatic N) is 2. The number of thiol groups is 2. The summed E-state index contributed by atoms with van der Waals surface area (Å²) in [6.45, 7) is 0. The van der Waals surface area contributed by atoms with E-state index in [0.717, 1.165) is 6.20 Å². The van der Waals surface area contributed by atoms with Gasteiger partial charge in [-0.2, -0.15) is 0 Å². The summed E-state index contributed by atoms with van der Waals surface area (Å²) >= 11 is 7.78. The van der Waals surface area contributed by atoms with E-state index in [4.69, 9.17) is 5.11 Å². The average molecular weight is 324 g/mol. The number of carbonyl (C=O) groups is 1. The molecular formula is C8H8N2O4S4. The van der Waals surface area contributed by atoms with Crippen molar-refractivity contribution in [2.45, 2.75) is 9.11 Å². The van der Waals surface area contributed by atoms with Gasteiger partial charge in [-0.3, -0.25) is 10.1 Å². The molecule has 0 spiro atoms. The Morgan fingerprint density at radius 1 is 1.56 bits per heavy atom. The first-order chi connectivity index (χ1) is 8.33. The molecule has 10 heteroatoms. The van der Waals surface area contributed by atoms with Crippen molar-refractivity contribution in [3.05, 3.63) is 28.4 Å². The van der Waals surface area contributed by atoms with Gasteiger partial charge in [0.05, 0.1) is 4.92 Å². The van der Waals surface area contributed by atoms with Crippen molar-refractivity contribution in [1.82, 2.24) is 4.98 Å². The van der Waals surface area contributed by atoms with Crippen molar-refractivity contribution in [1.29, 1.82) is 0 Å². The van der Waals surface area contributed by atoms with E-state index < -0.39 is 15.0 Å². The molecule has 6 nitrogen and oxygen atoms in total. The largest absolute Gasteiger partial charge is 0.480 e. The standard InChI is InChI=1S/C8H8N2O4S4/c11-7(12)8(15,16)4-17-18-6-2-1-5(3-9-6)10(13)14/h1-3,15-16H,4H2,(H,11,12). The van der Waals surface area contributed by atoms with Crippen LogP contribution in [0.15, 0.2) is 23.4 Å². The lowest BCUT2D eigenvalue weighted by atomic mass is 10.4. The first-order valence-corrected chi connectivity index (χ1v) is 7.62. The molecule has 0 bridgehead atoms. The van der Waals surface area contributed by atoms with Gasteiger partial charge in [0.25, 0.3) is 5.69 Å². The Labute approximate surface area is 121 Å². The second-order valence-corrected chi connectivity index (χ2v) is 7.28. The molecule has 1 aromatic rings. The van der Waals surface area contributed by atoms with Crippen molar-refractivity contribution >= 4 is 58.5 Å². The summed E-state index contributed by atoms with van der Waals surface area (Å²) in [6, 6.07) is 2.83. The third-order valence-corrected chi connectivity index (χ3v) is 5.11. The number of carboxylic acid groups (broad SMARTS) is 1. The predicted octanol–water partition coefficient (Wildman–Crippen LogP) is 2.37. The Bertz CT molecular complexity index is 451. The summed E-state index contributed by atoms with van der Waals surface area (Å²) in [5.74, 6) is -0.975. The van der Waals surface area contributed by atoms with Crippen LogP contribution in [0.5, 0.6) is 0 Å². The summed E-state index contributed by atoms with van der Waals surface area (Å²) in [7, 11) is 2.41. The molecule has 0 aliphatic heterocycles. The van der Waals surface area contributed by atoms with Crippen LogP contribution in [0.4, 0.5) is 5.69 Å². The second kappa shape index (κ2) is 6.55. The maximum atomic E-state index is 10.7. The molecule has 0 aliphatic rings. The molecule has 1 aromatic heterocycles. The average Bonchev–Trinajstić information content (AvgIpc) is 2.29. The molecule has 18 heavy (non-hydrogen) atoms. The molecule has 0 saturated heterocycles. The fourth-order valence-corrected chi connectivity index (χ4v) is 3.73. The number of hydrogen-bond acceptors (Lipinski definition) is 8. The Morgan fingerprint density at radius 3 is 2.67 bits per heavy atom. The van der Waals surface area contributed by atoms with Gasteiger partial charge in [-0.05, 0) is 16.9 Å². The van der Waals surface area contributed by atoms with Crippen LogP contribution in [0.2, 0.25) is 0 Å². The molecule has 0 amide bonds. The molecule has 0 aliphatic carbocycles. The molecular weight excluding hydrogens is 316 g/mol. The Morgan fingerprint density at radius 2 is 2.22 bits per heavy atom. The zero-order valence-corrected chi connectivity index (χ0v) is 12.1. The van der Waals surface area contributed by atoms with Crippen LogP contribution in [-0.4, -0.2) is 30.8 Å². The van der Waals surface area contributed by atoms with Gasteiger partial charge in [0.15, 0.2) is 4.08 Å². The number of pyridine rings is 1. The number of aliphatic carboxylic acids is 1. The summed E-state index contributed by atoms with van der Waals surface area (Å²) in [5, 5.41) is 19.7. The zero-order valence-electron chi connectivity index (χ0n) is 8.72. The Hall–Kier alpha value is -0.580. The van der Waals surface area contributed by atoms with Crippen LogP contribution in [0.25, 0.3) is 0 Å². The molecule has 1 N–H and O–H groups in total. The van der Waals surface area contributed by atoms with Gasteiger partial charge in [0.2, 0.25) is 0 Å². The molecule has 0 radical (unpaired) electrons. The summed E-state index contributed by atoms with van der Waals surface area (Å²) < 4.78 is -1.42. The van der Waals surface area contributed by atoms with Crippen molar-refractivity contribution < 1.29 is 14.8 Å². The van der Waals surface area contributed by atoms with Crippen molar-refractivity contribution in [3.8, 4) is 0 Å². The highest BCUT2D eigenvalue weighted by atomic mass is 33.1. The van der Waals surface area contributed by atoms with Gasteiger partial charge in [-0.15, -0.1) is 25.3 Å². The SMILES string of the molecule is O=C(O)C(S)(S)CSSc1ccc([N+](=O)[O-])cn1. The lowest BCUT2D eigenvalue weighted by Gasteiger charge is -2.15. The monoisotopic (exact) mass is 324 g/mol. The summed E-state index contributed by atoms with van der Waals surface area (Å²) in [5.41, 5.74) is -0.0902. The van der Waals surface area contributed by atoms with Crippen LogP contribution in [0.1, 0.15) is 0 Å². The first kappa shape index (κ1) is 15.5. The van der Waals surface area contributed by atoms with Crippen LogP contribution in [0.3, 0.4) is 0 Å². The molecule has 1 heterocycles. The van der Waals surface area contributed by atoms with E-state index in [1.807, 2.05) is 0 Å². The number of aromatic nitrogens is 1. The van der Waals surface area contributed by atoms with Gasteiger partial charge >= 0.3 is 5.97 Å². The lowest BCUT2D eigenvalue weighted by molar-refractivity contribution is -0.385. The fraction of sp³-hybridized carbons (Fsp3) is 0.250. The maximum Gasteiger partial charge on any atom is 0.330 e. The van der Waals surface area contributed by atoms with E-state index in [9.17, 15) is 14.9 Å². The van der Waals surface area contributed by atoms with Gasteiger partial charge in [-0.1, -0.05) is 10.8 Å². The van der Waals surface area contributed by atoms with E-state index in [-0.39, 0.29) is 11.4 Å². The molecule has 0 unspecified atom stereocenters. The number of carboxylic acids is 1. The Balaban J connectivity index is 2.50. The van der Waals surface area contributed by atoms with Crippen LogP contribution in [0, 0.1) is 10.1 Å². The third kappa shape index (κ3) is 4.59. The van der Waals surface area contributed by atoms with Gasteiger partial charge in [0.1, 0.15) is 11.2 Å². The Kier molecular flexibility index (Phi) is 5.63. The van der Waals surface area contributed by atoms with Crippen LogP contribution >= 0.6 is 46.8 Å². The molecule has 0 atom stereocenters. The van der Waals surface area contributed by atoms with Gasteiger partial charge < -0.3 is 5.11 Å². The predicted molar refractivity (Wildman–Crippen MR) is 77.5 cm³/mol. The number of hydrogen-bond donors (Lipinski definition) is 3. The smallest absolute Gasteiger partial charge is 0.330 e. The van der Waals surface area contributed by atoms with E-state index in [2.05, 4.69) is 30.2 Å². The molecule has 0 fully saturated rings. The molecule has 98 valence electrons. The molecule has 0 saturated carbocycles. The quantitative estimate of drug-likeness (QED) is 0.243. The first-order valence-electron chi connectivity index (χ1n) is 4.41. The molecule has 0 aromatic carbocycles. The van der Waals surface area contributed by atoms with Crippen molar-refractivity contribution in [2.75, 3.05) is 5.75 Å². The minimum atomic E-state index is -1.42.